The Morgan fingerprint density at radius 1 is 1.58 bits per heavy atom. The molecular formula is C8H13NO3. The SMILES string of the molecule is C#CCCC(=O)NOCCOC. The number of hydrogen-bond acceptors (Lipinski definition) is 3. The van der Waals surface area contributed by atoms with E-state index >= 15 is 0 Å². The van der Waals surface area contributed by atoms with Crippen molar-refractivity contribution in [1.29, 1.82) is 0 Å². The van der Waals surface area contributed by atoms with E-state index in [2.05, 4.69) is 11.4 Å². The summed E-state index contributed by atoms with van der Waals surface area (Å²) in [4.78, 5) is 15.5. The summed E-state index contributed by atoms with van der Waals surface area (Å²) in [5, 5.41) is 0. The smallest absolute Gasteiger partial charge is 0.244 e. The largest absolute Gasteiger partial charge is 0.382 e. The maximum Gasteiger partial charge on any atom is 0.244 e. The first-order valence-electron chi connectivity index (χ1n) is 3.64. The summed E-state index contributed by atoms with van der Waals surface area (Å²) < 4.78 is 4.70. The van der Waals surface area contributed by atoms with Crippen LogP contribution in [0.3, 0.4) is 0 Å². The lowest BCUT2D eigenvalue weighted by Crippen LogP contribution is -2.24. The molecule has 0 spiro atoms. The molecule has 0 bridgehead atoms. The van der Waals surface area contributed by atoms with E-state index in [-0.39, 0.29) is 5.91 Å². The normalized spacial score (nSPS) is 9.00. The van der Waals surface area contributed by atoms with Crippen molar-refractivity contribution in [2.45, 2.75) is 12.8 Å². The highest BCUT2D eigenvalue weighted by Crippen LogP contribution is 1.85. The Morgan fingerprint density at radius 3 is 2.92 bits per heavy atom. The molecule has 4 nitrogen and oxygen atoms in total. The Kier molecular flexibility index (Phi) is 7.35. The molecule has 1 N–H and O–H groups in total. The fraction of sp³-hybridized carbons (Fsp3) is 0.625. The Hall–Kier alpha value is -1.05. The average Bonchev–Trinajstić information content (AvgIpc) is 2.09. The summed E-state index contributed by atoms with van der Waals surface area (Å²) in [6.45, 7) is 0.799. The van der Waals surface area contributed by atoms with Crippen LogP contribution in [0, 0.1) is 12.3 Å². The van der Waals surface area contributed by atoms with Crippen molar-refractivity contribution in [1.82, 2.24) is 5.48 Å². The van der Waals surface area contributed by atoms with Gasteiger partial charge in [0.2, 0.25) is 5.91 Å². The standard InChI is InChI=1S/C8H13NO3/c1-3-4-5-8(10)9-12-7-6-11-2/h1H,4-7H2,2H3,(H,9,10). The van der Waals surface area contributed by atoms with Gasteiger partial charge in [-0.1, -0.05) is 0 Å². The zero-order valence-electron chi connectivity index (χ0n) is 7.13. The summed E-state index contributed by atoms with van der Waals surface area (Å²) in [5.41, 5.74) is 2.24. The molecule has 0 rings (SSSR count). The molecule has 1 amide bonds. The molecule has 0 aromatic rings. The van der Waals surface area contributed by atoms with Crippen LogP contribution in [0.5, 0.6) is 0 Å². The molecule has 0 saturated carbocycles. The van der Waals surface area contributed by atoms with Gasteiger partial charge in [0, 0.05) is 20.0 Å². The predicted molar refractivity (Wildman–Crippen MR) is 44.0 cm³/mol. The molecule has 4 heteroatoms. The number of amides is 1. The highest BCUT2D eigenvalue weighted by atomic mass is 16.7. The number of hydrogen-bond donors (Lipinski definition) is 1. The quantitative estimate of drug-likeness (QED) is 0.350. The molecule has 0 aromatic carbocycles. The Labute approximate surface area is 72.2 Å². The molecular weight excluding hydrogens is 158 g/mol. The number of carbonyl (C=O) groups excluding carboxylic acids is 1. The van der Waals surface area contributed by atoms with Gasteiger partial charge in [-0.3, -0.25) is 9.63 Å². The molecule has 0 heterocycles. The second-order valence-electron chi connectivity index (χ2n) is 2.07. The first-order valence-corrected chi connectivity index (χ1v) is 3.64. The first-order chi connectivity index (χ1) is 5.81. The molecule has 0 radical (unpaired) electrons. The number of hydroxylamine groups is 1. The topological polar surface area (TPSA) is 47.6 Å². The number of methoxy groups -OCH3 is 1. The minimum absolute atomic E-state index is 0.205. The Morgan fingerprint density at radius 2 is 2.33 bits per heavy atom. The molecule has 0 aliphatic rings. The van der Waals surface area contributed by atoms with E-state index in [1.54, 1.807) is 7.11 Å². The molecule has 0 atom stereocenters. The van der Waals surface area contributed by atoms with E-state index in [1.165, 1.54) is 0 Å². The second-order valence-corrected chi connectivity index (χ2v) is 2.07. The number of terminal acetylenes is 1. The van der Waals surface area contributed by atoms with Crippen molar-refractivity contribution in [3.8, 4) is 12.3 Å². The number of carbonyl (C=O) groups is 1. The van der Waals surface area contributed by atoms with Crippen molar-refractivity contribution in [3.05, 3.63) is 0 Å². The average molecular weight is 171 g/mol. The van der Waals surface area contributed by atoms with Gasteiger partial charge < -0.3 is 4.74 Å². The van der Waals surface area contributed by atoms with Crippen molar-refractivity contribution < 1.29 is 14.4 Å². The fourth-order valence-corrected chi connectivity index (χ4v) is 0.493. The van der Waals surface area contributed by atoms with Crippen molar-refractivity contribution in [2.75, 3.05) is 20.3 Å². The minimum atomic E-state index is -0.205. The van der Waals surface area contributed by atoms with E-state index in [0.29, 0.717) is 26.1 Å². The van der Waals surface area contributed by atoms with Crippen LogP contribution in [0.1, 0.15) is 12.8 Å². The summed E-state index contributed by atoms with van der Waals surface area (Å²) >= 11 is 0. The second kappa shape index (κ2) is 8.05. The Balaban J connectivity index is 3.15. The molecule has 0 unspecified atom stereocenters. The molecule has 0 saturated heterocycles. The molecule has 0 aliphatic carbocycles. The van der Waals surface area contributed by atoms with E-state index in [0.717, 1.165) is 0 Å². The predicted octanol–water partition coefficient (Wildman–Crippen LogP) is 0.0940. The van der Waals surface area contributed by atoms with Gasteiger partial charge >= 0.3 is 0 Å². The highest BCUT2D eigenvalue weighted by molar-refractivity contribution is 5.74. The third-order valence-electron chi connectivity index (χ3n) is 1.07. The maximum atomic E-state index is 10.8. The lowest BCUT2D eigenvalue weighted by molar-refractivity contribution is -0.134. The van der Waals surface area contributed by atoms with Gasteiger partial charge in [0.15, 0.2) is 0 Å². The van der Waals surface area contributed by atoms with Crippen LogP contribution in [-0.4, -0.2) is 26.2 Å². The van der Waals surface area contributed by atoms with Crippen LogP contribution in [0.15, 0.2) is 0 Å². The van der Waals surface area contributed by atoms with Crippen LogP contribution in [0.25, 0.3) is 0 Å². The summed E-state index contributed by atoms with van der Waals surface area (Å²) in [6, 6.07) is 0. The van der Waals surface area contributed by atoms with E-state index in [4.69, 9.17) is 16.0 Å². The third kappa shape index (κ3) is 7.06. The van der Waals surface area contributed by atoms with Crippen LogP contribution in [0.2, 0.25) is 0 Å². The molecule has 68 valence electrons. The van der Waals surface area contributed by atoms with Crippen LogP contribution in [0.4, 0.5) is 0 Å². The van der Waals surface area contributed by atoms with Gasteiger partial charge in [-0.2, -0.15) is 0 Å². The van der Waals surface area contributed by atoms with Gasteiger partial charge in [0.1, 0.15) is 0 Å². The molecule has 0 aromatic heterocycles. The lowest BCUT2D eigenvalue weighted by Gasteiger charge is -2.03. The van der Waals surface area contributed by atoms with Gasteiger partial charge in [0.05, 0.1) is 13.2 Å². The Bertz CT molecular complexity index is 162. The summed E-state index contributed by atoms with van der Waals surface area (Å²) in [6.07, 6.45) is 5.69. The summed E-state index contributed by atoms with van der Waals surface area (Å²) in [7, 11) is 1.56. The maximum absolute atomic E-state index is 10.8. The minimum Gasteiger partial charge on any atom is -0.382 e. The van der Waals surface area contributed by atoms with Crippen LogP contribution >= 0.6 is 0 Å². The van der Waals surface area contributed by atoms with Gasteiger partial charge in [-0.15, -0.1) is 12.3 Å². The lowest BCUT2D eigenvalue weighted by atomic mass is 10.3. The van der Waals surface area contributed by atoms with Crippen LogP contribution < -0.4 is 5.48 Å². The number of ether oxygens (including phenoxy) is 1. The molecule has 12 heavy (non-hydrogen) atoms. The third-order valence-corrected chi connectivity index (χ3v) is 1.07. The summed E-state index contributed by atoms with van der Waals surface area (Å²) in [5.74, 6) is 2.15. The van der Waals surface area contributed by atoms with Crippen molar-refractivity contribution in [2.24, 2.45) is 0 Å². The van der Waals surface area contributed by atoms with Crippen molar-refractivity contribution >= 4 is 5.91 Å². The van der Waals surface area contributed by atoms with E-state index in [9.17, 15) is 4.79 Å². The van der Waals surface area contributed by atoms with Gasteiger partial charge in [-0.05, 0) is 0 Å². The van der Waals surface area contributed by atoms with Gasteiger partial charge in [0.25, 0.3) is 0 Å². The van der Waals surface area contributed by atoms with E-state index < -0.39 is 0 Å². The highest BCUT2D eigenvalue weighted by Gasteiger charge is 1.97. The zero-order chi connectivity index (χ0) is 9.23. The van der Waals surface area contributed by atoms with Gasteiger partial charge in [-0.25, -0.2) is 5.48 Å². The van der Waals surface area contributed by atoms with Crippen LogP contribution in [-0.2, 0) is 14.4 Å². The number of rotatable bonds is 6. The molecule has 0 fully saturated rings. The number of nitrogens with one attached hydrogen (secondary N) is 1. The monoisotopic (exact) mass is 171 g/mol. The van der Waals surface area contributed by atoms with Crippen molar-refractivity contribution in [3.63, 3.8) is 0 Å². The van der Waals surface area contributed by atoms with E-state index in [1.807, 2.05) is 0 Å². The molecule has 0 aliphatic heterocycles. The first kappa shape index (κ1) is 11.0. The zero-order valence-corrected chi connectivity index (χ0v) is 7.13. The fourth-order valence-electron chi connectivity index (χ4n) is 0.493.